The van der Waals surface area contributed by atoms with E-state index >= 15 is 0 Å². The van der Waals surface area contributed by atoms with Crippen molar-refractivity contribution in [3.05, 3.63) is 60.7 Å². The van der Waals surface area contributed by atoms with Crippen LogP contribution in [-0.4, -0.2) is 37.7 Å². The molecule has 0 heterocycles. The fraction of sp³-hybridized carbons (Fsp3) is 0.429. The molecule has 1 fully saturated rings. The van der Waals surface area contributed by atoms with Gasteiger partial charge in [-0.1, -0.05) is 78.9 Å². The van der Waals surface area contributed by atoms with Crippen LogP contribution in [0.15, 0.2) is 60.7 Å². The van der Waals surface area contributed by atoms with E-state index in [2.05, 4.69) is 86.9 Å². The molecule has 3 rings (SSSR count). The highest BCUT2D eigenvalue weighted by atomic mass is 32.4. The van der Waals surface area contributed by atoms with E-state index in [-0.39, 0.29) is 0 Å². The van der Waals surface area contributed by atoms with Crippen LogP contribution in [0.2, 0.25) is 0 Å². The standard InChI is InChI=1S/C21H30N2PS/c1-23(2,3)21-17-11-10-16-20(21)22-24(25,18-12-6-4-7-13-18)19-14-8-5-9-15-19/h4-9,12-15,20-21H,10-11,16-17H2,1-3H3,(H,22,25)/q+1/t20-,21-/m1/s1. The van der Waals surface area contributed by atoms with Gasteiger partial charge in [0.1, 0.15) is 6.04 Å². The molecule has 2 aromatic rings. The number of likely N-dealkylation sites (N-methyl/N-ethyl adjacent to an activating group) is 1. The molecule has 4 heteroatoms. The number of benzene rings is 2. The van der Waals surface area contributed by atoms with Gasteiger partial charge in [-0.2, -0.15) is 0 Å². The maximum absolute atomic E-state index is 6.38. The van der Waals surface area contributed by atoms with Gasteiger partial charge in [0.05, 0.1) is 33.4 Å². The third-order valence-electron chi connectivity index (χ3n) is 5.31. The van der Waals surface area contributed by atoms with Crippen LogP contribution in [0.25, 0.3) is 0 Å². The molecule has 0 radical (unpaired) electrons. The smallest absolute Gasteiger partial charge is 0.104 e. The van der Waals surface area contributed by atoms with Crippen LogP contribution in [0.5, 0.6) is 0 Å². The highest BCUT2D eigenvalue weighted by Crippen LogP contribution is 2.42. The van der Waals surface area contributed by atoms with Crippen molar-refractivity contribution in [3.8, 4) is 0 Å². The molecule has 1 aliphatic carbocycles. The number of hydrogen-bond acceptors (Lipinski definition) is 1. The molecule has 2 aromatic carbocycles. The van der Waals surface area contributed by atoms with Crippen molar-refractivity contribution >= 4 is 28.6 Å². The van der Waals surface area contributed by atoms with E-state index in [1.807, 2.05) is 0 Å². The quantitative estimate of drug-likeness (QED) is 0.634. The van der Waals surface area contributed by atoms with E-state index < -0.39 is 6.19 Å². The van der Waals surface area contributed by atoms with Gasteiger partial charge in [0.2, 0.25) is 0 Å². The first-order valence-corrected chi connectivity index (χ1v) is 12.0. The molecule has 0 aromatic heterocycles. The van der Waals surface area contributed by atoms with E-state index in [4.69, 9.17) is 11.8 Å². The highest BCUT2D eigenvalue weighted by molar-refractivity contribution is 8.20. The van der Waals surface area contributed by atoms with Gasteiger partial charge in [-0.15, -0.1) is 0 Å². The average Bonchev–Trinajstić information content (AvgIpc) is 2.63. The number of quaternary nitrogens is 1. The van der Waals surface area contributed by atoms with E-state index in [1.54, 1.807) is 0 Å². The molecule has 0 spiro atoms. The summed E-state index contributed by atoms with van der Waals surface area (Å²) in [7, 11) is 6.96. The summed E-state index contributed by atoms with van der Waals surface area (Å²) in [6.45, 7) is 0. The molecule has 0 bridgehead atoms. The van der Waals surface area contributed by atoms with Crippen LogP contribution in [-0.2, 0) is 11.8 Å². The Hall–Kier alpha value is -0.990. The first kappa shape index (κ1) is 18.8. The van der Waals surface area contributed by atoms with Crippen molar-refractivity contribution in [2.24, 2.45) is 0 Å². The lowest BCUT2D eigenvalue weighted by molar-refractivity contribution is -0.898. The number of nitrogens with one attached hydrogen (secondary N) is 1. The van der Waals surface area contributed by atoms with Crippen molar-refractivity contribution in [3.63, 3.8) is 0 Å². The Labute approximate surface area is 157 Å². The SMILES string of the molecule is C[N+](C)(C)[C@@H]1CCCC[C@H]1NP(=S)(c1ccccc1)c1ccccc1. The van der Waals surface area contributed by atoms with Crippen LogP contribution < -0.4 is 15.7 Å². The third-order valence-corrected chi connectivity index (χ3v) is 9.64. The Bertz CT molecular complexity index is 681. The molecule has 2 atom stereocenters. The van der Waals surface area contributed by atoms with Crippen LogP contribution >= 0.6 is 6.19 Å². The van der Waals surface area contributed by atoms with Gasteiger partial charge < -0.3 is 4.48 Å². The summed E-state index contributed by atoms with van der Waals surface area (Å²) in [5, 5.41) is 6.56. The topological polar surface area (TPSA) is 12.0 Å². The van der Waals surface area contributed by atoms with Crippen molar-refractivity contribution in [2.75, 3.05) is 21.1 Å². The zero-order chi connectivity index (χ0) is 17.9. The molecule has 1 saturated carbocycles. The Morgan fingerprint density at radius 3 is 1.80 bits per heavy atom. The van der Waals surface area contributed by atoms with E-state index in [1.165, 1.54) is 36.3 Å². The van der Waals surface area contributed by atoms with Crippen molar-refractivity contribution in [1.82, 2.24) is 5.09 Å². The Morgan fingerprint density at radius 1 is 0.840 bits per heavy atom. The lowest BCUT2D eigenvalue weighted by Gasteiger charge is -2.44. The molecular formula is C21H30N2PS+. The molecule has 0 saturated heterocycles. The zero-order valence-electron chi connectivity index (χ0n) is 15.6. The molecule has 25 heavy (non-hydrogen) atoms. The lowest BCUT2D eigenvalue weighted by Crippen LogP contribution is -2.57. The molecule has 2 nitrogen and oxygen atoms in total. The largest absolute Gasteiger partial charge is 0.327 e. The molecule has 0 unspecified atom stereocenters. The summed E-state index contributed by atoms with van der Waals surface area (Å²) in [4.78, 5) is 0. The van der Waals surface area contributed by atoms with Crippen LogP contribution in [0.4, 0.5) is 0 Å². The maximum Gasteiger partial charge on any atom is 0.104 e. The Balaban J connectivity index is 2.00. The monoisotopic (exact) mass is 373 g/mol. The molecule has 0 amide bonds. The Kier molecular flexibility index (Phi) is 5.80. The van der Waals surface area contributed by atoms with Gasteiger partial charge in [0.15, 0.2) is 0 Å². The van der Waals surface area contributed by atoms with Gasteiger partial charge in [-0.25, -0.2) is 0 Å². The summed E-state index contributed by atoms with van der Waals surface area (Å²) in [5.74, 6) is 0. The molecule has 0 aliphatic heterocycles. The Morgan fingerprint density at radius 2 is 1.32 bits per heavy atom. The second-order valence-electron chi connectivity index (χ2n) is 7.98. The highest BCUT2D eigenvalue weighted by Gasteiger charge is 2.38. The first-order chi connectivity index (χ1) is 11.9. The fourth-order valence-electron chi connectivity index (χ4n) is 4.00. The van der Waals surface area contributed by atoms with E-state index in [0.717, 1.165) is 4.48 Å². The van der Waals surface area contributed by atoms with Gasteiger partial charge in [-0.3, -0.25) is 5.09 Å². The van der Waals surface area contributed by atoms with Crippen LogP contribution in [0.3, 0.4) is 0 Å². The summed E-state index contributed by atoms with van der Waals surface area (Å²) in [6.07, 6.45) is 3.10. The van der Waals surface area contributed by atoms with Gasteiger partial charge in [0, 0.05) is 17.0 Å². The van der Waals surface area contributed by atoms with Crippen molar-refractivity contribution < 1.29 is 4.48 Å². The third kappa shape index (κ3) is 4.23. The van der Waals surface area contributed by atoms with Crippen LogP contribution in [0.1, 0.15) is 25.7 Å². The minimum Gasteiger partial charge on any atom is -0.327 e. The molecular weight excluding hydrogens is 343 g/mol. The first-order valence-electron chi connectivity index (χ1n) is 9.21. The normalized spacial score (nSPS) is 21.9. The summed E-state index contributed by atoms with van der Waals surface area (Å²) in [6, 6.07) is 22.5. The minimum absolute atomic E-state index is 0.472. The van der Waals surface area contributed by atoms with Crippen molar-refractivity contribution in [1.29, 1.82) is 0 Å². The average molecular weight is 374 g/mol. The summed E-state index contributed by atoms with van der Waals surface area (Å²) in [5.41, 5.74) is 0. The molecule has 1 N–H and O–H groups in total. The van der Waals surface area contributed by atoms with Gasteiger partial charge >= 0.3 is 0 Å². The number of rotatable bonds is 5. The van der Waals surface area contributed by atoms with Gasteiger partial charge in [0.25, 0.3) is 0 Å². The fourth-order valence-corrected chi connectivity index (χ4v) is 7.68. The summed E-state index contributed by atoms with van der Waals surface area (Å²) < 4.78 is 0.997. The second-order valence-corrected chi connectivity index (χ2v) is 12.1. The zero-order valence-corrected chi connectivity index (χ0v) is 17.3. The van der Waals surface area contributed by atoms with E-state index in [0.29, 0.717) is 12.1 Å². The predicted molar refractivity (Wildman–Crippen MR) is 114 cm³/mol. The predicted octanol–water partition coefficient (Wildman–Crippen LogP) is 3.64. The van der Waals surface area contributed by atoms with Crippen molar-refractivity contribution in [2.45, 2.75) is 37.8 Å². The lowest BCUT2D eigenvalue weighted by atomic mass is 9.89. The minimum atomic E-state index is -2.03. The van der Waals surface area contributed by atoms with E-state index in [9.17, 15) is 0 Å². The number of nitrogens with zero attached hydrogens (tertiary/aromatic N) is 1. The van der Waals surface area contributed by atoms with Crippen LogP contribution in [0, 0.1) is 0 Å². The second kappa shape index (κ2) is 7.72. The maximum atomic E-state index is 6.38. The molecule has 134 valence electrons. The number of hydrogen-bond donors (Lipinski definition) is 1. The molecule has 1 aliphatic rings. The van der Waals surface area contributed by atoms with Gasteiger partial charge in [-0.05, 0) is 12.8 Å². The summed E-state index contributed by atoms with van der Waals surface area (Å²) >= 11 is 6.38.